The molecule has 0 radical (unpaired) electrons. The summed E-state index contributed by atoms with van der Waals surface area (Å²) in [6, 6.07) is 4.32. The minimum Gasteiger partial charge on any atom is -0.344 e. The van der Waals surface area contributed by atoms with E-state index in [4.69, 9.17) is 0 Å². The Labute approximate surface area is 114 Å². The van der Waals surface area contributed by atoms with Crippen LogP contribution in [0.1, 0.15) is 34.9 Å². The topological polar surface area (TPSA) is 57.8 Å². The van der Waals surface area contributed by atoms with Gasteiger partial charge in [0.05, 0.1) is 6.04 Å². The largest absolute Gasteiger partial charge is 0.344 e. The van der Waals surface area contributed by atoms with E-state index >= 15 is 0 Å². The van der Waals surface area contributed by atoms with E-state index in [1.807, 2.05) is 0 Å². The van der Waals surface area contributed by atoms with E-state index in [2.05, 4.69) is 15.5 Å². The van der Waals surface area contributed by atoms with Crippen molar-refractivity contribution in [3.8, 4) is 0 Å². The first-order chi connectivity index (χ1) is 9.65. The summed E-state index contributed by atoms with van der Waals surface area (Å²) in [6.45, 7) is 0. The Hall–Kier alpha value is -2.24. The average Bonchev–Trinajstić information content (AvgIpc) is 3.12. The summed E-state index contributed by atoms with van der Waals surface area (Å²) in [6.07, 6.45) is 3.25. The number of rotatable bonds is 4. The summed E-state index contributed by atoms with van der Waals surface area (Å²) in [4.78, 5) is 12.0. The molecule has 6 heteroatoms. The quantitative estimate of drug-likeness (QED) is 0.902. The van der Waals surface area contributed by atoms with Crippen LogP contribution in [0.4, 0.5) is 8.78 Å². The SMILES string of the molecule is O=C(N[C@H](c1cc(F)ccc1F)C1CC1)c1ccn[nH]1. The van der Waals surface area contributed by atoms with Gasteiger partial charge in [-0.05, 0) is 43.0 Å². The molecule has 2 N–H and O–H groups in total. The summed E-state index contributed by atoms with van der Waals surface area (Å²) in [5.74, 6) is -1.24. The average molecular weight is 277 g/mol. The van der Waals surface area contributed by atoms with Crippen LogP contribution >= 0.6 is 0 Å². The highest BCUT2D eigenvalue weighted by molar-refractivity contribution is 5.92. The Morgan fingerprint density at radius 2 is 2.15 bits per heavy atom. The number of aromatic amines is 1. The van der Waals surface area contributed by atoms with E-state index < -0.39 is 17.7 Å². The first-order valence-corrected chi connectivity index (χ1v) is 6.40. The zero-order chi connectivity index (χ0) is 14.1. The number of nitrogens with zero attached hydrogens (tertiary/aromatic N) is 1. The maximum atomic E-state index is 13.9. The van der Waals surface area contributed by atoms with Crippen LogP contribution in [0.2, 0.25) is 0 Å². The van der Waals surface area contributed by atoms with Gasteiger partial charge in [0.2, 0.25) is 0 Å². The second kappa shape index (κ2) is 5.03. The molecule has 1 aromatic heterocycles. The number of H-pyrrole nitrogens is 1. The van der Waals surface area contributed by atoms with Gasteiger partial charge in [-0.1, -0.05) is 0 Å². The molecule has 1 aromatic carbocycles. The maximum absolute atomic E-state index is 13.9. The van der Waals surface area contributed by atoms with Gasteiger partial charge >= 0.3 is 0 Å². The molecule has 0 aliphatic heterocycles. The molecule has 4 nitrogen and oxygen atoms in total. The number of hydrogen-bond acceptors (Lipinski definition) is 2. The van der Waals surface area contributed by atoms with Gasteiger partial charge in [-0.15, -0.1) is 0 Å². The van der Waals surface area contributed by atoms with Gasteiger partial charge in [-0.25, -0.2) is 8.78 Å². The number of amides is 1. The predicted molar refractivity (Wildman–Crippen MR) is 67.9 cm³/mol. The Morgan fingerprint density at radius 1 is 1.35 bits per heavy atom. The molecule has 1 amide bonds. The molecule has 1 aliphatic carbocycles. The van der Waals surface area contributed by atoms with Crippen LogP contribution in [-0.4, -0.2) is 16.1 Å². The molecule has 104 valence electrons. The number of carbonyl (C=O) groups is 1. The van der Waals surface area contributed by atoms with Gasteiger partial charge in [0.15, 0.2) is 0 Å². The van der Waals surface area contributed by atoms with E-state index in [9.17, 15) is 13.6 Å². The molecule has 1 saturated carbocycles. The number of carbonyl (C=O) groups excluding carboxylic acids is 1. The second-order valence-electron chi connectivity index (χ2n) is 4.92. The van der Waals surface area contributed by atoms with Gasteiger partial charge in [-0.3, -0.25) is 9.89 Å². The normalized spacial score (nSPS) is 15.9. The maximum Gasteiger partial charge on any atom is 0.269 e. The van der Waals surface area contributed by atoms with Crippen LogP contribution in [0.3, 0.4) is 0 Å². The van der Waals surface area contributed by atoms with Crippen molar-refractivity contribution in [2.75, 3.05) is 0 Å². The zero-order valence-electron chi connectivity index (χ0n) is 10.6. The van der Waals surface area contributed by atoms with Crippen molar-refractivity contribution in [2.45, 2.75) is 18.9 Å². The van der Waals surface area contributed by atoms with Gasteiger partial charge in [0, 0.05) is 11.8 Å². The Morgan fingerprint density at radius 3 is 2.80 bits per heavy atom. The molecular weight excluding hydrogens is 264 g/mol. The van der Waals surface area contributed by atoms with Crippen LogP contribution < -0.4 is 5.32 Å². The lowest BCUT2D eigenvalue weighted by Gasteiger charge is -2.19. The third-order valence-electron chi connectivity index (χ3n) is 3.42. The number of halogens is 2. The number of nitrogens with one attached hydrogen (secondary N) is 2. The summed E-state index contributed by atoms with van der Waals surface area (Å²) >= 11 is 0. The van der Waals surface area contributed by atoms with E-state index in [1.54, 1.807) is 0 Å². The van der Waals surface area contributed by atoms with Crippen LogP contribution in [0, 0.1) is 17.6 Å². The first kappa shape index (κ1) is 12.8. The number of hydrogen-bond donors (Lipinski definition) is 2. The van der Waals surface area contributed by atoms with E-state index in [0.717, 1.165) is 31.0 Å². The molecule has 0 saturated heterocycles. The van der Waals surface area contributed by atoms with Gasteiger partial charge in [-0.2, -0.15) is 5.10 Å². The molecular formula is C14H13F2N3O. The predicted octanol–water partition coefficient (Wildman–Crippen LogP) is 2.57. The molecule has 3 rings (SSSR count). The molecule has 1 fully saturated rings. The first-order valence-electron chi connectivity index (χ1n) is 6.40. The molecule has 0 unspecified atom stereocenters. The summed E-state index contributed by atoms with van der Waals surface area (Å²) in [5, 5.41) is 8.99. The fourth-order valence-corrected chi connectivity index (χ4v) is 2.23. The highest BCUT2D eigenvalue weighted by atomic mass is 19.1. The third kappa shape index (κ3) is 2.54. The number of aromatic nitrogens is 2. The molecule has 1 heterocycles. The zero-order valence-corrected chi connectivity index (χ0v) is 10.6. The van der Waals surface area contributed by atoms with Crippen molar-refractivity contribution in [1.29, 1.82) is 0 Å². The van der Waals surface area contributed by atoms with E-state index in [-0.39, 0.29) is 17.4 Å². The van der Waals surface area contributed by atoms with E-state index in [0.29, 0.717) is 5.69 Å². The monoisotopic (exact) mass is 277 g/mol. The lowest BCUT2D eigenvalue weighted by atomic mass is 10.0. The molecule has 0 bridgehead atoms. The van der Waals surface area contributed by atoms with Gasteiger partial charge < -0.3 is 5.32 Å². The van der Waals surface area contributed by atoms with Crippen molar-refractivity contribution in [3.63, 3.8) is 0 Å². The summed E-state index contributed by atoms with van der Waals surface area (Å²) in [7, 11) is 0. The minimum atomic E-state index is -0.513. The van der Waals surface area contributed by atoms with Crippen LogP contribution in [0.5, 0.6) is 0 Å². The van der Waals surface area contributed by atoms with Crippen molar-refractivity contribution >= 4 is 5.91 Å². The van der Waals surface area contributed by atoms with Crippen LogP contribution in [0.25, 0.3) is 0 Å². The molecule has 0 spiro atoms. The molecule has 20 heavy (non-hydrogen) atoms. The lowest BCUT2D eigenvalue weighted by molar-refractivity contribution is 0.0925. The fourth-order valence-electron chi connectivity index (χ4n) is 2.23. The highest BCUT2D eigenvalue weighted by Crippen LogP contribution is 2.42. The minimum absolute atomic E-state index is 0.151. The Kier molecular flexibility index (Phi) is 3.22. The fraction of sp³-hybridized carbons (Fsp3) is 0.286. The smallest absolute Gasteiger partial charge is 0.269 e. The van der Waals surface area contributed by atoms with Crippen LogP contribution in [-0.2, 0) is 0 Å². The lowest BCUT2D eigenvalue weighted by Crippen LogP contribution is -2.30. The van der Waals surface area contributed by atoms with Crippen molar-refractivity contribution < 1.29 is 13.6 Å². The van der Waals surface area contributed by atoms with Crippen LogP contribution in [0.15, 0.2) is 30.5 Å². The van der Waals surface area contributed by atoms with Gasteiger partial charge in [0.25, 0.3) is 5.91 Å². The standard InChI is InChI=1S/C14H13F2N3O/c15-9-3-4-11(16)10(7-9)13(8-1-2-8)18-14(20)12-5-6-17-19-12/h3-8,13H,1-2H2,(H,17,19)(H,18,20)/t13-/m0/s1. The summed E-state index contributed by atoms with van der Waals surface area (Å²) in [5.41, 5.74) is 0.493. The Bertz CT molecular complexity index is 623. The van der Waals surface area contributed by atoms with E-state index in [1.165, 1.54) is 12.3 Å². The van der Waals surface area contributed by atoms with Crippen molar-refractivity contribution in [1.82, 2.24) is 15.5 Å². The van der Waals surface area contributed by atoms with Crippen molar-refractivity contribution in [2.24, 2.45) is 5.92 Å². The molecule has 1 atom stereocenters. The molecule has 2 aromatic rings. The molecule has 1 aliphatic rings. The number of benzene rings is 1. The van der Waals surface area contributed by atoms with Crippen molar-refractivity contribution in [3.05, 3.63) is 53.4 Å². The highest BCUT2D eigenvalue weighted by Gasteiger charge is 2.35. The summed E-state index contributed by atoms with van der Waals surface area (Å²) < 4.78 is 27.2. The third-order valence-corrected chi connectivity index (χ3v) is 3.42. The van der Waals surface area contributed by atoms with Gasteiger partial charge in [0.1, 0.15) is 17.3 Å². The Balaban J connectivity index is 1.86. The second-order valence-corrected chi connectivity index (χ2v) is 4.92.